The van der Waals surface area contributed by atoms with Crippen LogP contribution >= 0.6 is 11.3 Å². The Bertz CT molecular complexity index is 546. The van der Waals surface area contributed by atoms with Crippen LogP contribution in [0.4, 0.5) is 0 Å². The first-order chi connectivity index (χ1) is 8.04. The van der Waals surface area contributed by atoms with Crippen LogP contribution in [-0.2, 0) is 14.8 Å². The van der Waals surface area contributed by atoms with Crippen molar-refractivity contribution < 1.29 is 13.2 Å². The Labute approximate surface area is 104 Å². The molecular weight excluding hydrogens is 262 g/mol. The van der Waals surface area contributed by atoms with E-state index in [9.17, 15) is 8.42 Å². The number of aryl methyl sites for hydroxylation is 1. The Morgan fingerprint density at radius 1 is 1.71 bits per heavy atom. The smallest absolute Gasteiger partial charge is 0.254 e. The van der Waals surface area contributed by atoms with Crippen molar-refractivity contribution in [1.82, 2.24) is 9.29 Å². The van der Waals surface area contributed by atoms with Crippen molar-refractivity contribution in [2.24, 2.45) is 0 Å². The fraction of sp³-hybridized carbons (Fsp3) is 0.556. The number of thiazole rings is 1. The van der Waals surface area contributed by atoms with E-state index in [1.54, 1.807) is 6.92 Å². The van der Waals surface area contributed by atoms with Gasteiger partial charge >= 0.3 is 0 Å². The van der Waals surface area contributed by atoms with Crippen LogP contribution < -0.4 is 0 Å². The molecule has 0 saturated carbocycles. The fourth-order valence-corrected chi connectivity index (χ4v) is 4.20. The topological polar surface area (TPSA) is 83.3 Å². The Kier molecular flexibility index (Phi) is 3.44. The molecule has 1 aromatic rings. The second-order valence-corrected chi connectivity index (χ2v) is 6.95. The zero-order valence-corrected chi connectivity index (χ0v) is 10.8. The number of hydrogen-bond acceptors (Lipinski definition) is 6. The molecule has 0 aromatic carbocycles. The van der Waals surface area contributed by atoms with Crippen LogP contribution in [0.5, 0.6) is 0 Å². The molecule has 1 fully saturated rings. The maximum absolute atomic E-state index is 12.2. The SMILES string of the molecule is Cc1ncc(S(=O)(=O)N2CCOC(C#N)C2)s1. The summed E-state index contributed by atoms with van der Waals surface area (Å²) in [5.41, 5.74) is 0. The number of ether oxygens (including phenoxy) is 1. The van der Waals surface area contributed by atoms with E-state index in [2.05, 4.69) is 4.98 Å². The summed E-state index contributed by atoms with van der Waals surface area (Å²) in [6, 6.07) is 1.92. The summed E-state index contributed by atoms with van der Waals surface area (Å²) < 4.78 is 31.0. The van der Waals surface area contributed by atoms with E-state index in [0.29, 0.717) is 5.01 Å². The van der Waals surface area contributed by atoms with Crippen LogP contribution in [0.25, 0.3) is 0 Å². The van der Waals surface area contributed by atoms with Gasteiger partial charge in [-0.1, -0.05) is 0 Å². The zero-order chi connectivity index (χ0) is 12.5. The largest absolute Gasteiger partial charge is 0.361 e. The standard InChI is InChI=1S/C9H11N3O3S2/c1-7-11-5-9(16-7)17(13,14)12-2-3-15-8(4-10)6-12/h5,8H,2-3,6H2,1H3. The molecule has 0 bridgehead atoms. The van der Waals surface area contributed by atoms with E-state index >= 15 is 0 Å². The number of nitriles is 1. The minimum Gasteiger partial charge on any atom is -0.361 e. The van der Waals surface area contributed by atoms with Crippen LogP contribution in [0.1, 0.15) is 5.01 Å². The van der Waals surface area contributed by atoms with Gasteiger partial charge in [0.15, 0.2) is 10.3 Å². The van der Waals surface area contributed by atoms with Crippen LogP contribution in [0.2, 0.25) is 0 Å². The summed E-state index contributed by atoms with van der Waals surface area (Å²) in [5.74, 6) is 0. The van der Waals surface area contributed by atoms with Gasteiger partial charge in [-0.3, -0.25) is 0 Å². The van der Waals surface area contributed by atoms with Gasteiger partial charge in [-0.25, -0.2) is 13.4 Å². The first kappa shape index (κ1) is 12.4. The lowest BCUT2D eigenvalue weighted by Crippen LogP contribution is -2.44. The minimum atomic E-state index is -3.53. The third kappa shape index (κ3) is 2.47. The monoisotopic (exact) mass is 273 g/mol. The highest BCUT2D eigenvalue weighted by Gasteiger charge is 2.31. The maximum Gasteiger partial charge on any atom is 0.254 e. The predicted octanol–water partition coefficient (Wildman–Crippen LogP) is 0.365. The van der Waals surface area contributed by atoms with Crippen molar-refractivity contribution in [3.05, 3.63) is 11.2 Å². The van der Waals surface area contributed by atoms with Crippen molar-refractivity contribution in [2.45, 2.75) is 17.2 Å². The fourth-order valence-electron chi connectivity index (χ4n) is 1.51. The van der Waals surface area contributed by atoms with Crippen LogP contribution in [0.15, 0.2) is 10.4 Å². The molecule has 1 aromatic heterocycles. The highest BCUT2D eigenvalue weighted by Crippen LogP contribution is 2.23. The number of sulfonamides is 1. The summed E-state index contributed by atoms with van der Waals surface area (Å²) in [6.45, 7) is 2.35. The summed E-state index contributed by atoms with van der Waals surface area (Å²) >= 11 is 1.13. The molecule has 0 amide bonds. The molecule has 17 heavy (non-hydrogen) atoms. The van der Waals surface area contributed by atoms with E-state index < -0.39 is 16.1 Å². The maximum atomic E-state index is 12.2. The van der Waals surface area contributed by atoms with Crippen molar-refractivity contribution in [1.29, 1.82) is 5.26 Å². The zero-order valence-electron chi connectivity index (χ0n) is 9.16. The molecule has 1 aliphatic rings. The van der Waals surface area contributed by atoms with Crippen molar-refractivity contribution >= 4 is 21.4 Å². The van der Waals surface area contributed by atoms with Crippen LogP contribution in [-0.4, -0.2) is 43.5 Å². The summed E-state index contributed by atoms with van der Waals surface area (Å²) in [6.07, 6.45) is 0.666. The number of nitrogens with zero attached hydrogens (tertiary/aromatic N) is 3. The van der Waals surface area contributed by atoms with E-state index in [-0.39, 0.29) is 23.9 Å². The van der Waals surface area contributed by atoms with Gasteiger partial charge in [0.2, 0.25) is 0 Å². The highest BCUT2D eigenvalue weighted by molar-refractivity contribution is 7.91. The lowest BCUT2D eigenvalue weighted by Gasteiger charge is -2.28. The van der Waals surface area contributed by atoms with Crippen LogP contribution in [0.3, 0.4) is 0 Å². The van der Waals surface area contributed by atoms with Gasteiger partial charge in [-0.15, -0.1) is 11.3 Å². The molecule has 0 N–H and O–H groups in total. The second kappa shape index (κ2) is 4.70. The Hall–Kier alpha value is -1.01. The molecule has 0 aliphatic carbocycles. The molecule has 8 heteroatoms. The van der Waals surface area contributed by atoms with Crippen molar-refractivity contribution in [3.8, 4) is 6.07 Å². The molecule has 1 atom stereocenters. The molecule has 6 nitrogen and oxygen atoms in total. The quantitative estimate of drug-likeness (QED) is 0.777. The molecule has 2 heterocycles. The molecular formula is C9H11N3O3S2. The van der Waals surface area contributed by atoms with Gasteiger partial charge in [0, 0.05) is 6.54 Å². The lowest BCUT2D eigenvalue weighted by molar-refractivity contribution is 0.0312. The molecule has 92 valence electrons. The van der Waals surface area contributed by atoms with Gasteiger partial charge < -0.3 is 4.74 Å². The summed E-state index contributed by atoms with van der Waals surface area (Å²) in [5, 5.41) is 9.45. The van der Waals surface area contributed by atoms with Gasteiger partial charge in [0.25, 0.3) is 10.0 Å². The molecule has 1 saturated heterocycles. The third-order valence-electron chi connectivity index (χ3n) is 2.37. The van der Waals surface area contributed by atoms with Gasteiger partial charge in [-0.2, -0.15) is 9.57 Å². The number of rotatable bonds is 2. The van der Waals surface area contributed by atoms with Crippen LogP contribution in [0, 0.1) is 18.3 Å². The van der Waals surface area contributed by atoms with Gasteiger partial charge in [0.1, 0.15) is 0 Å². The average Bonchev–Trinajstić information content (AvgIpc) is 2.76. The Morgan fingerprint density at radius 3 is 3.06 bits per heavy atom. The van der Waals surface area contributed by atoms with E-state index in [1.165, 1.54) is 10.5 Å². The first-order valence-electron chi connectivity index (χ1n) is 4.98. The third-order valence-corrected chi connectivity index (χ3v) is 5.58. The molecule has 0 spiro atoms. The summed E-state index contributed by atoms with van der Waals surface area (Å²) in [7, 11) is -3.53. The van der Waals surface area contributed by atoms with Crippen molar-refractivity contribution in [2.75, 3.05) is 19.7 Å². The Balaban J connectivity index is 2.24. The second-order valence-electron chi connectivity index (χ2n) is 3.55. The molecule has 1 unspecified atom stereocenters. The van der Waals surface area contributed by atoms with E-state index in [4.69, 9.17) is 10.00 Å². The van der Waals surface area contributed by atoms with Gasteiger partial charge in [-0.05, 0) is 6.92 Å². The predicted molar refractivity (Wildman–Crippen MR) is 61.0 cm³/mol. The molecule has 1 aliphatic heterocycles. The van der Waals surface area contributed by atoms with E-state index in [1.807, 2.05) is 6.07 Å². The van der Waals surface area contributed by atoms with Crippen molar-refractivity contribution in [3.63, 3.8) is 0 Å². The number of morpholine rings is 1. The first-order valence-corrected chi connectivity index (χ1v) is 7.23. The normalized spacial score (nSPS) is 22.2. The van der Waals surface area contributed by atoms with E-state index in [0.717, 1.165) is 11.3 Å². The minimum absolute atomic E-state index is 0.0791. The highest BCUT2D eigenvalue weighted by atomic mass is 32.2. The Morgan fingerprint density at radius 2 is 2.47 bits per heavy atom. The van der Waals surface area contributed by atoms with Gasteiger partial charge in [0.05, 0.1) is 30.4 Å². The molecule has 0 radical (unpaired) electrons. The number of aromatic nitrogens is 1. The lowest BCUT2D eigenvalue weighted by atomic mass is 10.3. The summed E-state index contributed by atoms with van der Waals surface area (Å²) in [4.78, 5) is 3.93. The number of hydrogen-bond donors (Lipinski definition) is 0. The average molecular weight is 273 g/mol. The molecule has 2 rings (SSSR count).